The third-order valence-electron chi connectivity index (χ3n) is 1.59. The summed E-state index contributed by atoms with van der Waals surface area (Å²) in [5.41, 5.74) is 13.1. The number of hydrogen-bond acceptors (Lipinski definition) is 3. The van der Waals surface area contributed by atoms with Crippen molar-refractivity contribution >= 4 is 24.0 Å². The van der Waals surface area contributed by atoms with E-state index in [2.05, 4.69) is 4.98 Å². The second-order valence-electron chi connectivity index (χ2n) is 2.37. The molecule has 0 aromatic carbocycles. The molecule has 1 aromatic heterocycles. The van der Waals surface area contributed by atoms with Gasteiger partial charge in [-0.3, -0.25) is 0 Å². The Hall–Kier alpha value is -0.960. The first-order chi connectivity index (χ1) is 4.61. The first-order valence-electron chi connectivity index (χ1n) is 3.10. The van der Waals surface area contributed by atoms with Crippen LogP contribution in [0.4, 0.5) is 11.6 Å². The average Bonchev–Trinajstić information content (AvgIpc) is 1.82. The molecule has 11 heavy (non-hydrogen) atoms. The van der Waals surface area contributed by atoms with E-state index in [4.69, 9.17) is 11.5 Å². The van der Waals surface area contributed by atoms with Crippen LogP contribution in [0.3, 0.4) is 0 Å². The molecule has 0 amide bonds. The number of aryl methyl sites for hydroxylation is 1. The van der Waals surface area contributed by atoms with E-state index in [1.807, 2.05) is 19.9 Å². The average molecular weight is 174 g/mol. The Bertz CT molecular complexity index is 237. The summed E-state index contributed by atoms with van der Waals surface area (Å²) in [7, 11) is 0. The van der Waals surface area contributed by atoms with Gasteiger partial charge in [0.25, 0.3) is 0 Å². The van der Waals surface area contributed by atoms with Gasteiger partial charge in [0.05, 0.1) is 0 Å². The first kappa shape index (κ1) is 10.0. The van der Waals surface area contributed by atoms with Gasteiger partial charge in [-0.25, -0.2) is 4.98 Å². The molecule has 0 aliphatic rings. The van der Waals surface area contributed by atoms with Crippen LogP contribution < -0.4 is 11.5 Å². The van der Waals surface area contributed by atoms with E-state index in [9.17, 15) is 0 Å². The second-order valence-corrected chi connectivity index (χ2v) is 2.37. The van der Waals surface area contributed by atoms with Crippen LogP contribution in [0.1, 0.15) is 11.1 Å². The molecule has 0 fully saturated rings. The van der Waals surface area contributed by atoms with Crippen molar-refractivity contribution in [1.82, 2.24) is 4.98 Å². The monoisotopic (exact) mass is 173 g/mol. The molecule has 3 nitrogen and oxygen atoms in total. The highest BCUT2D eigenvalue weighted by molar-refractivity contribution is 5.85. The van der Waals surface area contributed by atoms with Crippen LogP contribution in [0.25, 0.3) is 0 Å². The van der Waals surface area contributed by atoms with Crippen LogP contribution in [-0.4, -0.2) is 4.98 Å². The fraction of sp³-hybridized carbons (Fsp3) is 0.286. The number of hydrogen-bond donors (Lipinski definition) is 2. The van der Waals surface area contributed by atoms with Crippen molar-refractivity contribution in [2.75, 3.05) is 11.5 Å². The molecule has 1 heterocycles. The summed E-state index contributed by atoms with van der Waals surface area (Å²) in [6, 6.07) is 1.81. The number of halogens is 1. The summed E-state index contributed by atoms with van der Waals surface area (Å²) in [5, 5.41) is 0. The summed E-state index contributed by atoms with van der Waals surface area (Å²) < 4.78 is 0. The van der Waals surface area contributed by atoms with Gasteiger partial charge in [-0.05, 0) is 31.0 Å². The molecular formula is C7H12ClN3. The Morgan fingerprint density at radius 2 is 1.82 bits per heavy atom. The molecule has 0 unspecified atom stereocenters. The molecule has 0 aliphatic carbocycles. The number of nitrogen functional groups attached to an aromatic ring is 2. The minimum Gasteiger partial charge on any atom is -0.384 e. The number of anilines is 2. The van der Waals surface area contributed by atoms with Crippen LogP contribution in [0.2, 0.25) is 0 Å². The molecule has 4 heteroatoms. The van der Waals surface area contributed by atoms with Crippen LogP contribution in [0.15, 0.2) is 6.07 Å². The van der Waals surface area contributed by atoms with E-state index in [0.29, 0.717) is 11.6 Å². The quantitative estimate of drug-likeness (QED) is 0.622. The van der Waals surface area contributed by atoms with Gasteiger partial charge in [0.2, 0.25) is 0 Å². The highest BCUT2D eigenvalue weighted by Gasteiger charge is 1.98. The molecule has 4 N–H and O–H groups in total. The topological polar surface area (TPSA) is 64.9 Å². The molecule has 0 saturated heterocycles. The smallest absolute Gasteiger partial charge is 0.128 e. The molecular weight excluding hydrogens is 162 g/mol. The number of nitrogens with two attached hydrogens (primary N) is 2. The van der Waals surface area contributed by atoms with Gasteiger partial charge in [0.15, 0.2) is 0 Å². The number of pyridine rings is 1. The Kier molecular flexibility index (Phi) is 3.14. The first-order valence-corrected chi connectivity index (χ1v) is 3.10. The van der Waals surface area contributed by atoms with Crippen molar-refractivity contribution in [2.45, 2.75) is 13.8 Å². The highest BCUT2D eigenvalue weighted by atomic mass is 35.5. The van der Waals surface area contributed by atoms with Gasteiger partial charge in [-0.15, -0.1) is 12.4 Å². The third kappa shape index (κ3) is 1.98. The molecule has 0 saturated carbocycles. The number of rotatable bonds is 0. The predicted octanol–water partition coefficient (Wildman–Crippen LogP) is 1.28. The van der Waals surface area contributed by atoms with Gasteiger partial charge in [-0.1, -0.05) is 0 Å². The molecule has 1 aromatic rings. The highest BCUT2D eigenvalue weighted by Crippen LogP contribution is 2.14. The maximum atomic E-state index is 5.53. The van der Waals surface area contributed by atoms with Crippen LogP contribution >= 0.6 is 12.4 Å². The van der Waals surface area contributed by atoms with Crippen molar-refractivity contribution in [2.24, 2.45) is 0 Å². The fourth-order valence-corrected chi connectivity index (χ4v) is 0.787. The van der Waals surface area contributed by atoms with E-state index < -0.39 is 0 Å². The van der Waals surface area contributed by atoms with Gasteiger partial charge in [-0.2, -0.15) is 0 Å². The maximum Gasteiger partial charge on any atom is 0.128 e. The van der Waals surface area contributed by atoms with Crippen molar-refractivity contribution in [3.05, 3.63) is 17.2 Å². The minimum atomic E-state index is 0. The lowest BCUT2D eigenvalue weighted by Crippen LogP contribution is -2.00. The number of nitrogens with zero attached hydrogens (tertiary/aromatic N) is 1. The lowest BCUT2D eigenvalue weighted by atomic mass is 10.1. The van der Waals surface area contributed by atoms with E-state index in [-0.39, 0.29) is 12.4 Å². The SMILES string of the molecule is Cc1cc(N)nc(N)c1C.Cl. The summed E-state index contributed by atoms with van der Waals surface area (Å²) in [6.45, 7) is 3.89. The zero-order valence-corrected chi connectivity index (χ0v) is 7.40. The van der Waals surface area contributed by atoms with E-state index >= 15 is 0 Å². The van der Waals surface area contributed by atoms with Gasteiger partial charge < -0.3 is 11.5 Å². The predicted molar refractivity (Wildman–Crippen MR) is 49.8 cm³/mol. The molecule has 62 valence electrons. The van der Waals surface area contributed by atoms with Gasteiger partial charge in [0, 0.05) is 0 Å². The normalized spacial score (nSPS) is 8.91. The molecule has 0 bridgehead atoms. The summed E-state index contributed by atoms with van der Waals surface area (Å²) in [5.74, 6) is 1.01. The standard InChI is InChI=1S/C7H11N3.ClH/c1-4-3-6(8)10-7(9)5(4)2;/h3H,1-2H3,(H4,8,9,10);1H. The van der Waals surface area contributed by atoms with Crippen LogP contribution in [0, 0.1) is 13.8 Å². The lowest BCUT2D eigenvalue weighted by molar-refractivity contribution is 1.24. The van der Waals surface area contributed by atoms with Gasteiger partial charge >= 0.3 is 0 Å². The van der Waals surface area contributed by atoms with Crippen LogP contribution in [0.5, 0.6) is 0 Å². The van der Waals surface area contributed by atoms with Crippen LogP contribution in [-0.2, 0) is 0 Å². The second kappa shape index (κ2) is 3.44. The Labute approximate surface area is 72.2 Å². The van der Waals surface area contributed by atoms with Crippen molar-refractivity contribution in [3.8, 4) is 0 Å². The largest absolute Gasteiger partial charge is 0.384 e. The zero-order chi connectivity index (χ0) is 7.72. The lowest BCUT2D eigenvalue weighted by Gasteiger charge is -2.03. The molecule has 0 radical (unpaired) electrons. The molecule has 1 rings (SSSR count). The maximum absolute atomic E-state index is 5.53. The fourth-order valence-electron chi connectivity index (χ4n) is 0.787. The molecule has 0 atom stereocenters. The van der Waals surface area contributed by atoms with E-state index in [1.165, 1.54) is 0 Å². The van der Waals surface area contributed by atoms with E-state index in [1.54, 1.807) is 0 Å². The zero-order valence-electron chi connectivity index (χ0n) is 6.59. The minimum absolute atomic E-state index is 0. The Morgan fingerprint density at radius 3 is 2.27 bits per heavy atom. The molecule has 0 spiro atoms. The summed E-state index contributed by atoms with van der Waals surface area (Å²) >= 11 is 0. The third-order valence-corrected chi connectivity index (χ3v) is 1.59. The van der Waals surface area contributed by atoms with Crippen molar-refractivity contribution in [3.63, 3.8) is 0 Å². The van der Waals surface area contributed by atoms with E-state index in [0.717, 1.165) is 11.1 Å². The number of aromatic nitrogens is 1. The molecule has 0 aliphatic heterocycles. The van der Waals surface area contributed by atoms with Crippen molar-refractivity contribution < 1.29 is 0 Å². The summed E-state index contributed by atoms with van der Waals surface area (Å²) in [6.07, 6.45) is 0. The summed E-state index contributed by atoms with van der Waals surface area (Å²) in [4.78, 5) is 3.89. The van der Waals surface area contributed by atoms with Crippen molar-refractivity contribution in [1.29, 1.82) is 0 Å². The Balaban J connectivity index is 0.000001000. The van der Waals surface area contributed by atoms with Gasteiger partial charge in [0.1, 0.15) is 11.6 Å². The Morgan fingerprint density at radius 1 is 1.27 bits per heavy atom.